The Hall–Kier alpha value is -2.50. The van der Waals surface area contributed by atoms with Crippen molar-refractivity contribution in [2.24, 2.45) is 0 Å². The fraction of sp³-hybridized carbons (Fsp3) is 0.235. The molecular formula is C17H17F3N2O. The molecule has 0 atom stereocenters. The molecule has 2 rings (SSSR count). The average molecular weight is 322 g/mol. The number of alkyl halides is 3. The van der Waals surface area contributed by atoms with E-state index in [0.29, 0.717) is 6.54 Å². The average Bonchev–Trinajstić information content (AvgIpc) is 2.47. The Balaban J connectivity index is 1.91. The number of para-hydroxylation sites is 1. The molecule has 6 heteroatoms. The summed E-state index contributed by atoms with van der Waals surface area (Å²) in [6, 6.07) is 12.6. The Kier molecular flexibility index (Phi) is 5.26. The van der Waals surface area contributed by atoms with Crippen LogP contribution in [0.5, 0.6) is 0 Å². The van der Waals surface area contributed by atoms with Crippen LogP contribution >= 0.6 is 0 Å². The van der Waals surface area contributed by atoms with Crippen LogP contribution in [0.4, 0.5) is 24.5 Å². The van der Waals surface area contributed by atoms with E-state index in [1.54, 1.807) is 0 Å². The third-order valence-electron chi connectivity index (χ3n) is 3.21. The summed E-state index contributed by atoms with van der Waals surface area (Å²) in [4.78, 5) is 11.8. The summed E-state index contributed by atoms with van der Waals surface area (Å²) in [6.07, 6.45) is -4.43. The number of rotatable bonds is 5. The smallest absolute Gasteiger partial charge is 0.385 e. The van der Waals surface area contributed by atoms with Gasteiger partial charge in [-0.1, -0.05) is 24.3 Å². The van der Waals surface area contributed by atoms with Gasteiger partial charge in [0, 0.05) is 18.7 Å². The van der Waals surface area contributed by atoms with Gasteiger partial charge in [0.1, 0.15) is 0 Å². The molecule has 0 spiro atoms. The Bertz CT molecular complexity index is 684. The lowest BCUT2D eigenvalue weighted by molar-refractivity contribution is -0.137. The first kappa shape index (κ1) is 16.9. The molecule has 2 aromatic rings. The van der Waals surface area contributed by atoms with Crippen LogP contribution in [0.1, 0.15) is 17.5 Å². The van der Waals surface area contributed by atoms with Gasteiger partial charge < -0.3 is 10.6 Å². The maximum Gasteiger partial charge on any atom is 0.418 e. The Morgan fingerprint density at radius 3 is 2.52 bits per heavy atom. The lowest BCUT2D eigenvalue weighted by atomic mass is 10.1. The summed E-state index contributed by atoms with van der Waals surface area (Å²) in [5.41, 5.74) is 0.882. The van der Waals surface area contributed by atoms with Gasteiger partial charge >= 0.3 is 6.18 Å². The summed E-state index contributed by atoms with van der Waals surface area (Å²) in [6.45, 7) is 2.29. The molecular weight excluding hydrogens is 305 g/mol. The highest BCUT2D eigenvalue weighted by Crippen LogP contribution is 2.34. The van der Waals surface area contributed by atoms with Crippen LogP contribution in [0, 0.1) is 6.92 Å². The molecule has 0 aliphatic heterocycles. The number of carbonyl (C=O) groups is 1. The second-order valence-corrected chi connectivity index (χ2v) is 5.14. The summed E-state index contributed by atoms with van der Waals surface area (Å²) in [5, 5.41) is 5.38. The molecule has 3 nitrogen and oxygen atoms in total. The largest absolute Gasteiger partial charge is 0.418 e. The number of hydrogen-bond donors (Lipinski definition) is 2. The normalized spacial score (nSPS) is 11.1. The summed E-state index contributed by atoms with van der Waals surface area (Å²) in [7, 11) is 0. The number of carbonyl (C=O) groups excluding carboxylic acids is 1. The highest BCUT2D eigenvalue weighted by Gasteiger charge is 2.33. The van der Waals surface area contributed by atoms with Crippen molar-refractivity contribution < 1.29 is 18.0 Å². The third-order valence-corrected chi connectivity index (χ3v) is 3.21. The zero-order valence-electron chi connectivity index (χ0n) is 12.6. The number of anilines is 2. The number of aryl methyl sites for hydroxylation is 1. The predicted molar refractivity (Wildman–Crippen MR) is 84.4 cm³/mol. The van der Waals surface area contributed by atoms with E-state index in [9.17, 15) is 18.0 Å². The van der Waals surface area contributed by atoms with Gasteiger partial charge in [-0.3, -0.25) is 4.79 Å². The molecule has 0 aliphatic rings. The second kappa shape index (κ2) is 7.17. The van der Waals surface area contributed by atoms with Crippen LogP contribution < -0.4 is 10.6 Å². The molecule has 122 valence electrons. The Morgan fingerprint density at radius 1 is 1.09 bits per heavy atom. The Labute approximate surface area is 132 Å². The van der Waals surface area contributed by atoms with Crippen molar-refractivity contribution in [2.45, 2.75) is 19.5 Å². The zero-order valence-corrected chi connectivity index (χ0v) is 12.6. The van der Waals surface area contributed by atoms with E-state index in [0.717, 1.165) is 17.3 Å². The SMILES string of the molecule is Cc1cccc(NCCC(=O)Nc2ccccc2C(F)(F)F)c1. The van der Waals surface area contributed by atoms with Gasteiger partial charge in [0.2, 0.25) is 5.91 Å². The molecule has 0 saturated heterocycles. The van der Waals surface area contributed by atoms with E-state index < -0.39 is 17.6 Å². The van der Waals surface area contributed by atoms with E-state index in [4.69, 9.17) is 0 Å². The van der Waals surface area contributed by atoms with Crippen LogP contribution in [-0.2, 0) is 11.0 Å². The number of halogens is 3. The van der Waals surface area contributed by atoms with Crippen molar-refractivity contribution in [1.29, 1.82) is 0 Å². The number of hydrogen-bond acceptors (Lipinski definition) is 2. The molecule has 1 amide bonds. The maximum atomic E-state index is 12.8. The first-order valence-electron chi connectivity index (χ1n) is 7.13. The molecule has 2 N–H and O–H groups in total. The minimum absolute atomic E-state index is 0.0696. The second-order valence-electron chi connectivity index (χ2n) is 5.14. The minimum atomic E-state index is -4.50. The van der Waals surface area contributed by atoms with Crippen LogP contribution in [0.15, 0.2) is 48.5 Å². The van der Waals surface area contributed by atoms with Gasteiger partial charge in [0.15, 0.2) is 0 Å². The van der Waals surface area contributed by atoms with Crippen molar-refractivity contribution in [1.82, 2.24) is 0 Å². The predicted octanol–water partition coefficient (Wildman–Crippen LogP) is 4.45. The van der Waals surface area contributed by atoms with Crippen molar-refractivity contribution >= 4 is 17.3 Å². The maximum absolute atomic E-state index is 12.8. The van der Waals surface area contributed by atoms with Crippen molar-refractivity contribution in [3.63, 3.8) is 0 Å². The molecule has 0 saturated carbocycles. The number of nitrogens with one attached hydrogen (secondary N) is 2. The third kappa shape index (κ3) is 5.02. The quantitative estimate of drug-likeness (QED) is 0.853. The summed E-state index contributed by atoms with van der Waals surface area (Å²) >= 11 is 0. The minimum Gasteiger partial charge on any atom is -0.385 e. The molecule has 2 aromatic carbocycles. The van der Waals surface area contributed by atoms with Gasteiger partial charge in [0.05, 0.1) is 11.3 Å². The van der Waals surface area contributed by atoms with E-state index in [2.05, 4.69) is 10.6 Å². The highest BCUT2D eigenvalue weighted by atomic mass is 19.4. The summed E-state index contributed by atoms with van der Waals surface area (Å²) in [5.74, 6) is -0.471. The Morgan fingerprint density at radius 2 is 1.83 bits per heavy atom. The lowest BCUT2D eigenvalue weighted by Gasteiger charge is -2.13. The van der Waals surface area contributed by atoms with Gasteiger partial charge in [-0.25, -0.2) is 0 Å². The molecule has 0 bridgehead atoms. The molecule has 0 aromatic heterocycles. The first-order chi connectivity index (χ1) is 10.9. The topological polar surface area (TPSA) is 41.1 Å². The number of benzene rings is 2. The first-order valence-corrected chi connectivity index (χ1v) is 7.13. The van der Waals surface area contributed by atoms with Crippen molar-refractivity contribution in [3.8, 4) is 0 Å². The van der Waals surface area contributed by atoms with Gasteiger partial charge in [0.25, 0.3) is 0 Å². The molecule has 0 fully saturated rings. The summed E-state index contributed by atoms with van der Waals surface area (Å²) < 4.78 is 38.5. The van der Waals surface area contributed by atoms with Crippen molar-refractivity contribution in [2.75, 3.05) is 17.2 Å². The van der Waals surface area contributed by atoms with E-state index in [1.165, 1.54) is 18.2 Å². The fourth-order valence-electron chi connectivity index (χ4n) is 2.13. The lowest BCUT2D eigenvalue weighted by Crippen LogP contribution is -2.19. The fourth-order valence-corrected chi connectivity index (χ4v) is 2.13. The molecule has 0 radical (unpaired) electrons. The zero-order chi connectivity index (χ0) is 16.9. The van der Waals surface area contributed by atoms with Gasteiger partial charge in [-0.2, -0.15) is 13.2 Å². The number of amides is 1. The van der Waals surface area contributed by atoms with E-state index >= 15 is 0 Å². The van der Waals surface area contributed by atoms with Crippen molar-refractivity contribution in [3.05, 3.63) is 59.7 Å². The van der Waals surface area contributed by atoms with Gasteiger partial charge in [-0.15, -0.1) is 0 Å². The molecule has 0 unspecified atom stereocenters. The highest BCUT2D eigenvalue weighted by molar-refractivity contribution is 5.91. The van der Waals surface area contributed by atoms with Crippen LogP contribution in [-0.4, -0.2) is 12.5 Å². The molecule has 0 heterocycles. The van der Waals surface area contributed by atoms with Crippen LogP contribution in [0.2, 0.25) is 0 Å². The van der Waals surface area contributed by atoms with Gasteiger partial charge in [-0.05, 0) is 36.8 Å². The monoisotopic (exact) mass is 322 g/mol. The van der Waals surface area contributed by atoms with E-state index in [-0.39, 0.29) is 12.1 Å². The van der Waals surface area contributed by atoms with Crippen LogP contribution in [0.3, 0.4) is 0 Å². The van der Waals surface area contributed by atoms with E-state index in [1.807, 2.05) is 31.2 Å². The molecule has 23 heavy (non-hydrogen) atoms. The molecule has 0 aliphatic carbocycles. The standard InChI is InChI=1S/C17H17F3N2O/c1-12-5-4-6-13(11-12)21-10-9-16(23)22-15-8-3-2-7-14(15)17(18,19)20/h2-8,11,21H,9-10H2,1H3,(H,22,23). The van der Waals surface area contributed by atoms with Crippen LogP contribution in [0.25, 0.3) is 0 Å².